The number of hydrogen-bond acceptors (Lipinski definition) is 3. The fourth-order valence-electron chi connectivity index (χ4n) is 2.94. The predicted octanol–water partition coefficient (Wildman–Crippen LogP) is 5.32. The summed E-state index contributed by atoms with van der Waals surface area (Å²) in [6, 6.07) is 29.8. The molecule has 3 nitrogen and oxygen atoms in total. The van der Waals surface area contributed by atoms with Gasteiger partial charge in [0.2, 0.25) is 0 Å². The first-order valence-corrected chi connectivity index (χ1v) is 9.74. The average molecular weight is 386 g/mol. The molecule has 0 spiro atoms. The second-order valence-electron chi connectivity index (χ2n) is 7.05. The highest BCUT2D eigenvalue weighted by Crippen LogP contribution is 2.21. The summed E-state index contributed by atoms with van der Waals surface area (Å²) in [7, 11) is 0. The summed E-state index contributed by atoms with van der Waals surface area (Å²) in [5.41, 5.74) is 2.33. The Hall–Kier alpha value is -3.01. The van der Waals surface area contributed by atoms with E-state index in [1.54, 1.807) is 0 Å². The van der Waals surface area contributed by atoms with Crippen LogP contribution in [0.15, 0.2) is 97.1 Å². The highest BCUT2D eigenvalue weighted by molar-refractivity contribution is 5.67. The highest BCUT2D eigenvalue weighted by atomic mass is 16.5. The molecular weight excluding hydrogens is 360 g/mol. The molecule has 0 aromatic heterocycles. The molecule has 3 aromatic rings. The Morgan fingerprint density at radius 3 is 1.55 bits per heavy atom. The zero-order valence-electron chi connectivity index (χ0n) is 16.4. The van der Waals surface area contributed by atoms with Gasteiger partial charge in [0, 0.05) is 0 Å². The van der Waals surface area contributed by atoms with Crippen LogP contribution in [0, 0.1) is 5.41 Å². The van der Waals surface area contributed by atoms with Crippen molar-refractivity contribution in [3.8, 4) is 0 Å². The van der Waals surface area contributed by atoms with Crippen molar-refractivity contribution in [3.05, 3.63) is 114 Å². The van der Waals surface area contributed by atoms with E-state index in [2.05, 4.69) is 0 Å². The van der Waals surface area contributed by atoms with Gasteiger partial charge in [-0.05, 0) is 16.7 Å². The molecule has 0 saturated carbocycles. The van der Waals surface area contributed by atoms with Crippen molar-refractivity contribution in [2.45, 2.75) is 13.2 Å². The minimum absolute atomic E-state index is 0.253. The zero-order chi connectivity index (χ0) is 20.2. The van der Waals surface area contributed by atoms with E-state index in [4.69, 9.17) is 9.47 Å². The van der Waals surface area contributed by atoms with Gasteiger partial charge in [0.1, 0.15) is 6.29 Å². The van der Waals surface area contributed by atoms with Crippen LogP contribution < -0.4 is 0 Å². The Labute approximate surface area is 172 Å². The molecule has 0 amide bonds. The number of rotatable bonds is 11. The van der Waals surface area contributed by atoms with Crippen LogP contribution in [0.3, 0.4) is 0 Å². The van der Waals surface area contributed by atoms with Gasteiger partial charge >= 0.3 is 0 Å². The van der Waals surface area contributed by atoms with Crippen molar-refractivity contribution < 1.29 is 14.3 Å². The first kappa shape index (κ1) is 20.7. The van der Waals surface area contributed by atoms with Gasteiger partial charge in [0.05, 0.1) is 31.8 Å². The number of ether oxygens (including phenoxy) is 2. The molecule has 0 saturated heterocycles. The predicted molar refractivity (Wildman–Crippen MR) is 116 cm³/mol. The van der Waals surface area contributed by atoms with Crippen LogP contribution in [-0.2, 0) is 27.5 Å². The van der Waals surface area contributed by atoms with Crippen LogP contribution in [-0.4, -0.2) is 19.5 Å². The van der Waals surface area contributed by atoms with Gasteiger partial charge in [0.15, 0.2) is 0 Å². The molecule has 0 fully saturated rings. The lowest BCUT2D eigenvalue weighted by Gasteiger charge is -2.24. The number of benzene rings is 3. The Kier molecular flexibility index (Phi) is 7.93. The third kappa shape index (κ3) is 6.83. The van der Waals surface area contributed by atoms with E-state index in [0.717, 1.165) is 23.0 Å². The first-order chi connectivity index (χ1) is 14.3. The lowest BCUT2D eigenvalue weighted by molar-refractivity contribution is -0.121. The normalized spacial score (nSPS) is 11.6. The van der Waals surface area contributed by atoms with Crippen molar-refractivity contribution in [1.82, 2.24) is 0 Å². The van der Waals surface area contributed by atoms with E-state index in [0.29, 0.717) is 13.2 Å². The summed E-state index contributed by atoms with van der Waals surface area (Å²) in [6.07, 6.45) is 4.78. The fourth-order valence-corrected chi connectivity index (χ4v) is 2.94. The highest BCUT2D eigenvalue weighted by Gasteiger charge is 2.28. The van der Waals surface area contributed by atoms with E-state index in [1.807, 2.05) is 103 Å². The largest absolute Gasteiger partial charge is 0.375 e. The van der Waals surface area contributed by atoms with Gasteiger partial charge in [0.25, 0.3) is 0 Å². The number of carbonyl (C=O) groups is 1. The Balaban J connectivity index is 1.67. The van der Waals surface area contributed by atoms with Crippen molar-refractivity contribution in [2.75, 3.05) is 13.2 Å². The monoisotopic (exact) mass is 386 g/mol. The summed E-state index contributed by atoms with van der Waals surface area (Å²) >= 11 is 0. The summed E-state index contributed by atoms with van der Waals surface area (Å²) in [6.45, 7) is 1.41. The molecule has 0 aliphatic carbocycles. The summed E-state index contributed by atoms with van der Waals surface area (Å²) in [5.74, 6) is 0. The molecule has 0 unspecified atom stereocenters. The molecule has 0 radical (unpaired) electrons. The second kappa shape index (κ2) is 11.1. The molecule has 3 aromatic carbocycles. The second-order valence-corrected chi connectivity index (χ2v) is 7.05. The molecule has 0 aliphatic rings. The van der Waals surface area contributed by atoms with Gasteiger partial charge in [-0.1, -0.05) is 103 Å². The maximum Gasteiger partial charge on any atom is 0.134 e. The van der Waals surface area contributed by atoms with Crippen LogP contribution in [0.4, 0.5) is 0 Å². The standard InChI is InChI=1S/C26H26O3/c27-20-26(17-16-23-10-4-1-5-11-23,21-28-18-24-12-6-2-7-13-24)22-29-19-25-14-8-3-9-15-25/h1-17,20H,18-19,21-22H2. The number of aldehydes is 1. The van der Waals surface area contributed by atoms with Crippen LogP contribution in [0.1, 0.15) is 16.7 Å². The summed E-state index contributed by atoms with van der Waals surface area (Å²) in [4.78, 5) is 12.1. The molecule has 29 heavy (non-hydrogen) atoms. The smallest absolute Gasteiger partial charge is 0.134 e. The van der Waals surface area contributed by atoms with Crippen molar-refractivity contribution in [1.29, 1.82) is 0 Å². The minimum atomic E-state index is -0.848. The van der Waals surface area contributed by atoms with E-state index < -0.39 is 5.41 Å². The van der Waals surface area contributed by atoms with Gasteiger partial charge in [-0.25, -0.2) is 0 Å². The van der Waals surface area contributed by atoms with Crippen LogP contribution in [0.5, 0.6) is 0 Å². The maximum atomic E-state index is 12.1. The van der Waals surface area contributed by atoms with Crippen molar-refractivity contribution in [2.24, 2.45) is 5.41 Å². The molecule has 0 bridgehead atoms. The third-order valence-electron chi connectivity index (χ3n) is 4.61. The Morgan fingerprint density at radius 1 is 0.655 bits per heavy atom. The number of carbonyl (C=O) groups excluding carboxylic acids is 1. The van der Waals surface area contributed by atoms with E-state index in [1.165, 1.54) is 0 Å². The molecule has 0 heterocycles. The zero-order valence-corrected chi connectivity index (χ0v) is 16.4. The molecule has 3 heteroatoms. The quantitative estimate of drug-likeness (QED) is 0.419. The summed E-state index contributed by atoms with van der Waals surface area (Å²) in [5, 5.41) is 0. The average Bonchev–Trinajstić information content (AvgIpc) is 2.79. The van der Waals surface area contributed by atoms with Gasteiger partial charge in [-0.15, -0.1) is 0 Å². The van der Waals surface area contributed by atoms with E-state index in [-0.39, 0.29) is 13.2 Å². The summed E-state index contributed by atoms with van der Waals surface area (Å²) < 4.78 is 11.8. The first-order valence-electron chi connectivity index (χ1n) is 9.74. The van der Waals surface area contributed by atoms with Crippen LogP contribution >= 0.6 is 0 Å². The molecule has 148 valence electrons. The molecule has 0 N–H and O–H groups in total. The molecular formula is C26H26O3. The Morgan fingerprint density at radius 2 is 1.10 bits per heavy atom. The Bertz CT molecular complexity index is 828. The van der Waals surface area contributed by atoms with E-state index in [9.17, 15) is 4.79 Å². The van der Waals surface area contributed by atoms with Crippen LogP contribution in [0.2, 0.25) is 0 Å². The van der Waals surface area contributed by atoms with E-state index >= 15 is 0 Å². The molecule has 3 rings (SSSR count). The van der Waals surface area contributed by atoms with Gasteiger partial charge in [-0.3, -0.25) is 0 Å². The maximum absolute atomic E-state index is 12.1. The van der Waals surface area contributed by atoms with Crippen molar-refractivity contribution >= 4 is 12.4 Å². The minimum Gasteiger partial charge on any atom is -0.375 e. The van der Waals surface area contributed by atoms with Crippen LogP contribution in [0.25, 0.3) is 6.08 Å². The fraction of sp³-hybridized carbons (Fsp3) is 0.192. The SMILES string of the molecule is O=CC(C=Cc1ccccc1)(COCc1ccccc1)COCc1ccccc1. The van der Waals surface area contributed by atoms with Gasteiger partial charge in [-0.2, -0.15) is 0 Å². The lowest BCUT2D eigenvalue weighted by atomic mass is 9.90. The van der Waals surface area contributed by atoms with Crippen molar-refractivity contribution in [3.63, 3.8) is 0 Å². The molecule has 0 atom stereocenters. The number of hydrogen-bond donors (Lipinski definition) is 0. The topological polar surface area (TPSA) is 35.5 Å². The third-order valence-corrected chi connectivity index (χ3v) is 4.61. The van der Waals surface area contributed by atoms with Gasteiger partial charge < -0.3 is 14.3 Å². The lowest BCUT2D eigenvalue weighted by Crippen LogP contribution is -2.32. The molecule has 0 aliphatic heterocycles.